The highest BCUT2D eigenvalue weighted by Gasteiger charge is 2.26. The van der Waals surface area contributed by atoms with E-state index in [-0.39, 0.29) is 5.91 Å². The number of nitrogens with two attached hydrogens (primary N) is 1. The first kappa shape index (κ1) is 15.7. The molecule has 2 aromatic rings. The fourth-order valence-corrected chi connectivity index (χ4v) is 3.09. The van der Waals surface area contributed by atoms with E-state index >= 15 is 0 Å². The molecule has 1 heterocycles. The van der Waals surface area contributed by atoms with Gasteiger partial charge in [0.15, 0.2) is 5.69 Å². The number of amides is 1. The predicted octanol–water partition coefficient (Wildman–Crippen LogP) is 2.00. The summed E-state index contributed by atoms with van der Waals surface area (Å²) in [6, 6.07) is 8.42. The zero-order chi connectivity index (χ0) is 16.2. The van der Waals surface area contributed by atoms with Crippen LogP contribution in [0.25, 0.3) is 5.69 Å². The lowest BCUT2D eigenvalue weighted by Gasteiger charge is -2.06. The van der Waals surface area contributed by atoms with Gasteiger partial charge in [-0.3, -0.25) is 4.79 Å². The van der Waals surface area contributed by atoms with Gasteiger partial charge in [-0.25, -0.2) is 4.68 Å². The molecule has 1 aliphatic rings. The lowest BCUT2D eigenvalue weighted by atomic mass is 10.1. The number of nitrogens with zero attached hydrogens (tertiary/aromatic N) is 2. The molecule has 0 bridgehead atoms. The van der Waals surface area contributed by atoms with Crippen LogP contribution in [-0.2, 0) is 19.3 Å². The summed E-state index contributed by atoms with van der Waals surface area (Å²) >= 11 is 0. The first-order valence-corrected chi connectivity index (χ1v) is 8.43. The lowest BCUT2D eigenvalue weighted by molar-refractivity contribution is 0.0947. The van der Waals surface area contributed by atoms with Crippen molar-refractivity contribution < 1.29 is 4.79 Å². The number of hydrogen-bond donors (Lipinski definition) is 2. The number of hydrogen-bond acceptors (Lipinski definition) is 3. The van der Waals surface area contributed by atoms with Gasteiger partial charge in [-0.1, -0.05) is 19.1 Å². The summed E-state index contributed by atoms with van der Waals surface area (Å²) < 4.78 is 1.94. The molecule has 0 radical (unpaired) electrons. The number of aromatic nitrogens is 2. The second kappa shape index (κ2) is 6.96. The maximum atomic E-state index is 12.4. The molecule has 1 amide bonds. The highest BCUT2D eigenvalue weighted by molar-refractivity contribution is 5.94. The standard InChI is InChI=1S/C18H24N4O/c1-2-13-7-9-14(10-8-13)22-16-6-3-5-15(16)17(21-22)18(23)20-12-4-11-19/h7-10H,2-6,11-12,19H2,1H3,(H,20,23). The highest BCUT2D eigenvalue weighted by atomic mass is 16.1. The molecule has 1 aliphatic carbocycles. The Morgan fingerprint density at radius 1 is 1.30 bits per heavy atom. The summed E-state index contributed by atoms with van der Waals surface area (Å²) in [5.41, 5.74) is 10.7. The first-order valence-electron chi connectivity index (χ1n) is 8.43. The summed E-state index contributed by atoms with van der Waals surface area (Å²) in [5.74, 6) is -0.0828. The number of nitrogens with one attached hydrogen (secondary N) is 1. The van der Waals surface area contributed by atoms with Crippen molar-refractivity contribution in [2.24, 2.45) is 5.73 Å². The second-order valence-corrected chi connectivity index (χ2v) is 5.96. The van der Waals surface area contributed by atoms with Gasteiger partial charge in [0.05, 0.1) is 5.69 Å². The third-order valence-electron chi connectivity index (χ3n) is 4.40. The van der Waals surface area contributed by atoms with E-state index in [1.165, 1.54) is 11.3 Å². The van der Waals surface area contributed by atoms with Gasteiger partial charge in [0.2, 0.25) is 0 Å². The van der Waals surface area contributed by atoms with E-state index in [4.69, 9.17) is 5.73 Å². The average Bonchev–Trinajstić information content (AvgIpc) is 3.17. The van der Waals surface area contributed by atoms with E-state index in [0.717, 1.165) is 43.4 Å². The van der Waals surface area contributed by atoms with Crippen molar-refractivity contribution in [3.05, 3.63) is 46.8 Å². The number of fused-ring (bicyclic) bond motifs is 1. The van der Waals surface area contributed by atoms with Crippen LogP contribution in [0.2, 0.25) is 0 Å². The zero-order valence-electron chi connectivity index (χ0n) is 13.6. The fraction of sp³-hybridized carbons (Fsp3) is 0.444. The minimum absolute atomic E-state index is 0.0828. The van der Waals surface area contributed by atoms with Crippen molar-refractivity contribution in [1.29, 1.82) is 0 Å². The van der Waals surface area contributed by atoms with Crippen molar-refractivity contribution in [2.45, 2.75) is 39.0 Å². The Labute approximate surface area is 136 Å². The van der Waals surface area contributed by atoms with Crippen LogP contribution in [0.1, 0.15) is 47.1 Å². The van der Waals surface area contributed by atoms with Crippen LogP contribution in [0.4, 0.5) is 0 Å². The topological polar surface area (TPSA) is 72.9 Å². The Bertz CT molecular complexity index is 688. The molecule has 1 aromatic heterocycles. The van der Waals surface area contributed by atoms with Gasteiger partial charge in [0, 0.05) is 17.8 Å². The summed E-state index contributed by atoms with van der Waals surface area (Å²) in [6.07, 6.45) is 4.80. The van der Waals surface area contributed by atoms with Gasteiger partial charge >= 0.3 is 0 Å². The van der Waals surface area contributed by atoms with E-state index in [9.17, 15) is 4.79 Å². The van der Waals surface area contributed by atoms with Crippen LogP contribution in [-0.4, -0.2) is 28.8 Å². The summed E-state index contributed by atoms with van der Waals surface area (Å²) in [5, 5.41) is 7.53. The summed E-state index contributed by atoms with van der Waals surface area (Å²) in [7, 11) is 0. The highest BCUT2D eigenvalue weighted by Crippen LogP contribution is 2.28. The van der Waals surface area contributed by atoms with E-state index in [1.54, 1.807) is 0 Å². The minimum Gasteiger partial charge on any atom is -0.351 e. The van der Waals surface area contributed by atoms with Gasteiger partial charge in [0.1, 0.15) is 0 Å². The third kappa shape index (κ3) is 3.15. The maximum Gasteiger partial charge on any atom is 0.272 e. The molecule has 0 saturated heterocycles. The van der Waals surface area contributed by atoms with Gasteiger partial charge in [0.25, 0.3) is 5.91 Å². The van der Waals surface area contributed by atoms with E-state index in [1.807, 2.05) is 4.68 Å². The molecule has 0 spiro atoms. The van der Waals surface area contributed by atoms with Gasteiger partial charge < -0.3 is 11.1 Å². The van der Waals surface area contributed by atoms with Crippen molar-refractivity contribution in [2.75, 3.05) is 13.1 Å². The SMILES string of the molecule is CCc1ccc(-n2nc(C(=O)NCCCN)c3c2CCC3)cc1. The second-order valence-electron chi connectivity index (χ2n) is 5.96. The van der Waals surface area contributed by atoms with Crippen LogP contribution in [0, 0.1) is 0 Å². The molecule has 23 heavy (non-hydrogen) atoms. The van der Waals surface area contributed by atoms with Crippen molar-refractivity contribution in [1.82, 2.24) is 15.1 Å². The Kier molecular flexibility index (Phi) is 4.76. The first-order chi connectivity index (χ1) is 11.2. The summed E-state index contributed by atoms with van der Waals surface area (Å²) in [6.45, 7) is 3.32. The van der Waals surface area contributed by atoms with Crippen molar-refractivity contribution in [3.63, 3.8) is 0 Å². The molecule has 3 rings (SSSR count). The minimum atomic E-state index is -0.0828. The molecular weight excluding hydrogens is 288 g/mol. The van der Waals surface area contributed by atoms with E-state index in [0.29, 0.717) is 18.8 Å². The van der Waals surface area contributed by atoms with Crippen LogP contribution >= 0.6 is 0 Å². The lowest BCUT2D eigenvalue weighted by Crippen LogP contribution is -2.27. The average molecular weight is 312 g/mol. The zero-order valence-corrected chi connectivity index (χ0v) is 13.6. The van der Waals surface area contributed by atoms with Gasteiger partial charge in [-0.15, -0.1) is 0 Å². The number of carbonyl (C=O) groups excluding carboxylic acids is 1. The number of rotatable bonds is 6. The molecule has 5 nitrogen and oxygen atoms in total. The van der Waals surface area contributed by atoms with Gasteiger partial charge in [-0.05, 0) is 56.3 Å². The quantitative estimate of drug-likeness (QED) is 0.801. The molecule has 122 valence electrons. The molecule has 0 fully saturated rings. The molecule has 0 atom stereocenters. The Hall–Kier alpha value is -2.14. The predicted molar refractivity (Wildman–Crippen MR) is 91.0 cm³/mol. The molecule has 0 saturated carbocycles. The maximum absolute atomic E-state index is 12.4. The Morgan fingerprint density at radius 2 is 2.09 bits per heavy atom. The van der Waals surface area contributed by atoms with Crippen LogP contribution in [0.15, 0.2) is 24.3 Å². The molecule has 0 unspecified atom stereocenters. The van der Waals surface area contributed by atoms with Gasteiger partial charge in [-0.2, -0.15) is 5.10 Å². The third-order valence-corrected chi connectivity index (χ3v) is 4.40. The molecule has 5 heteroatoms. The van der Waals surface area contributed by atoms with E-state index in [2.05, 4.69) is 41.6 Å². The summed E-state index contributed by atoms with van der Waals surface area (Å²) in [4.78, 5) is 12.4. The number of carbonyl (C=O) groups is 1. The largest absolute Gasteiger partial charge is 0.351 e. The van der Waals surface area contributed by atoms with E-state index < -0.39 is 0 Å². The van der Waals surface area contributed by atoms with Crippen LogP contribution < -0.4 is 11.1 Å². The monoisotopic (exact) mass is 312 g/mol. The Balaban J connectivity index is 1.90. The number of aryl methyl sites for hydroxylation is 1. The van der Waals surface area contributed by atoms with Crippen LogP contribution in [0.3, 0.4) is 0 Å². The smallest absolute Gasteiger partial charge is 0.272 e. The Morgan fingerprint density at radius 3 is 2.78 bits per heavy atom. The normalized spacial score (nSPS) is 13.1. The van der Waals surface area contributed by atoms with Crippen molar-refractivity contribution >= 4 is 5.91 Å². The molecular formula is C18H24N4O. The van der Waals surface area contributed by atoms with Crippen molar-refractivity contribution in [3.8, 4) is 5.69 Å². The molecule has 1 aromatic carbocycles. The molecule has 0 aliphatic heterocycles. The number of benzene rings is 1. The molecule has 3 N–H and O–H groups in total. The fourth-order valence-electron chi connectivity index (χ4n) is 3.09. The van der Waals surface area contributed by atoms with Crippen LogP contribution in [0.5, 0.6) is 0 Å².